The summed E-state index contributed by atoms with van der Waals surface area (Å²) < 4.78 is 11.8. The fraction of sp³-hybridized carbons (Fsp3) is 0.583. The third-order valence-corrected chi connectivity index (χ3v) is 6.77. The van der Waals surface area contributed by atoms with Crippen molar-refractivity contribution in [3.8, 4) is 0 Å². The smallest absolute Gasteiger partial charge is 0.250 e. The number of oxazole rings is 1. The second kappa shape index (κ2) is 10.2. The minimum absolute atomic E-state index is 0.0126. The van der Waals surface area contributed by atoms with Gasteiger partial charge in [-0.05, 0) is 63.6 Å². The summed E-state index contributed by atoms with van der Waals surface area (Å²) in [6.45, 7) is 5.70. The van der Waals surface area contributed by atoms with Crippen LogP contribution < -0.4 is 5.32 Å². The first kappa shape index (κ1) is 22.3. The third-order valence-electron chi connectivity index (χ3n) is 6.52. The molecule has 1 saturated carbocycles. The van der Waals surface area contributed by atoms with Crippen molar-refractivity contribution in [1.29, 1.82) is 0 Å². The molecule has 2 fully saturated rings. The average molecular weight is 446 g/mol. The maximum absolute atomic E-state index is 12.5. The van der Waals surface area contributed by atoms with Crippen molar-refractivity contribution in [2.45, 2.75) is 70.1 Å². The molecule has 31 heavy (non-hydrogen) atoms. The molecule has 0 bridgehead atoms. The number of morpholine rings is 1. The monoisotopic (exact) mass is 445 g/mol. The van der Waals surface area contributed by atoms with Crippen molar-refractivity contribution >= 4 is 17.5 Å². The van der Waals surface area contributed by atoms with E-state index in [-0.39, 0.29) is 11.9 Å². The number of halogens is 1. The van der Waals surface area contributed by atoms with Crippen molar-refractivity contribution < 1.29 is 13.9 Å². The molecule has 1 aromatic heterocycles. The summed E-state index contributed by atoms with van der Waals surface area (Å²) in [7, 11) is 0. The number of hydrogen-bond acceptors (Lipinski definition) is 5. The molecule has 1 aliphatic heterocycles. The molecule has 6 nitrogen and oxygen atoms in total. The number of carbonyl (C=O) groups is 1. The minimum atomic E-state index is -0.409. The number of rotatable bonds is 6. The summed E-state index contributed by atoms with van der Waals surface area (Å²) in [6.07, 6.45) is 6.55. The van der Waals surface area contributed by atoms with E-state index in [9.17, 15) is 4.79 Å². The van der Waals surface area contributed by atoms with Crippen LogP contribution in [0.25, 0.3) is 0 Å². The maximum Gasteiger partial charge on any atom is 0.250 e. The lowest BCUT2D eigenvalue weighted by molar-refractivity contribution is -0.145. The molecule has 2 aliphatic rings. The largest absolute Gasteiger partial charge is 0.446 e. The van der Waals surface area contributed by atoms with E-state index in [0.717, 1.165) is 48.8 Å². The first-order valence-electron chi connectivity index (χ1n) is 11.3. The molecule has 168 valence electrons. The van der Waals surface area contributed by atoms with Gasteiger partial charge >= 0.3 is 0 Å². The molecule has 2 aromatic rings. The number of aromatic nitrogens is 1. The molecular weight excluding hydrogens is 414 g/mol. The van der Waals surface area contributed by atoms with E-state index < -0.39 is 6.10 Å². The molecule has 1 saturated heterocycles. The van der Waals surface area contributed by atoms with E-state index >= 15 is 0 Å². The molecule has 1 N–H and O–H groups in total. The van der Waals surface area contributed by atoms with Gasteiger partial charge in [0.25, 0.3) is 0 Å². The van der Waals surface area contributed by atoms with Gasteiger partial charge in [-0.1, -0.05) is 23.7 Å². The van der Waals surface area contributed by atoms with E-state index in [4.69, 9.17) is 20.8 Å². The Kier molecular flexibility index (Phi) is 7.31. The van der Waals surface area contributed by atoms with Gasteiger partial charge in [0.1, 0.15) is 11.9 Å². The van der Waals surface area contributed by atoms with Crippen LogP contribution in [0.4, 0.5) is 0 Å². The first-order chi connectivity index (χ1) is 15.0. The Morgan fingerprint density at radius 3 is 2.61 bits per heavy atom. The number of ether oxygens (including phenoxy) is 1. The van der Waals surface area contributed by atoms with Crippen LogP contribution in [0.5, 0.6) is 0 Å². The van der Waals surface area contributed by atoms with Crippen molar-refractivity contribution in [2.24, 2.45) is 0 Å². The van der Waals surface area contributed by atoms with Crippen molar-refractivity contribution in [1.82, 2.24) is 15.2 Å². The summed E-state index contributed by atoms with van der Waals surface area (Å²) in [5.74, 6) is 2.12. The highest BCUT2D eigenvalue weighted by Crippen LogP contribution is 2.36. The highest BCUT2D eigenvalue weighted by molar-refractivity contribution is 6.30. The summed E-state index contributed by atoms with van der Waals surface area (Å²) in [5.41, 5.74) is 1.24. The zero-order chi connectivity index (χ0) is 21.8. The molecule has 1 aliphatic carbocycles. The Morgan fingerprint density at radius 1 is 1.23 bits per heavy atom. The van der Waals surface area contributed by atoms with Crippen LogP contribution in [-0.2, 0) is 16.0 Å². The Morgan fingerprint density at radius 2 is 1.97 bits per heavy atom. The lowest BCUT2D eigenvalue weighted by Crippen LogP contribution is -2.58. The molecule has 2 unspecified atom stereocenters. The van der Waals surface area contributed by atoms with Gasteiger partial charge in [-0.2, -0.15) is 0 Å². The predicted molar refractivity (Wildman–Crippen MR) is 120 cm³/mol. The standard InChI is InChI=1S/C24H32ClN3O3/c1-3-26-23(29)22-14-28(21(15-30-22)12-17-4-8-19(25)9-5-17)20-10-6-18(7-11-20)24-27-13-16(2)31-24/h4-5,8-9,13,18,20-22H,3,6-7,10-12,14-15H2,1-2H3,(H,26,29). The number of hydrogen-bond donors (Lipinski definition) is 1. The number of amides is 1. The molecule has 2 atom stereocenters. The van der Waals surface area contributed by atoms with Gasteiger partial charge in [-0.3, -0.25) is 9.69 Å². The quantitative estimate of drug-likeness (QED) is 0.724. The Labute approximate surface area is 189 Å². The summed E-state index contributed by atoms with van der Waals surface area (Å²) in [4.78, 5) is 19.4. The van der Waals surface area contributed by atoms with E-state index in [1.54, 1.807) is 0 Å². The maximum atomic E-state index is 12.5. The Hall–Kier alpha value is -1.89. The number of benzene rings is 1. The minimum Gasteiger partial charge on any atom is -0.446 e. The fourth-order valence-electron chi connectivity index (χ4n) is 4.89. The highest BCUT2D eigenvalue weighted by Gasteiger charge is 2.38. The van der Waals surface area contributed by atoms with Gasteiger partial charge in [0.05, 0.1) is 12.8 Å². The normalized spacial score (nSPS) is 27.2. The van der Waals surface area contributed by atoms with E-state index in [0.29, 0.717) is 31.7 Å². The summed E-state index contributed by atoms with van der Waals surface area (Å²) in [6, 6.07) is 8.72. The molecule has 2 heterocycles. The van der Waals surface area contributed by atoms with Crippen LogP contribution in [0.15, 0.2) is 34.9 Å². The van der Waals surface area contributed by atoms with Crippen LogP contribution in [0.2, 0.25) is 5.02 Å². The molecule has 0 spiro atoms. The zero-order valence-electron chi connectivity index (χ0n) is 18.4. The summed E-state index contributed by atoms with van der Waals surface area (Å²) >= 11 is 6.06. The Balaban J connectivity index is 1.45. The van der Waals surface area contributed by atoms with Gasteiger partial charge in [0.15, 0.2) is 5.89 Å². The number of nitrogens with one attached hydrogen (secondary N) is 1. The number of aryl methyl sites for hydroxylation is 1. The van der Waals surface area contributed by atoms with Crippen molar-refractivity contribution in [2.75, 3.05) is 19.7 Å². The van der Waals surface area contributed by atoms with Crippen molar-refractivity contribution in [3.63, 3.8) is 0 Å². The molecule has 0 radical (unpaired) electrons. The van der Waals surface area contributed by atoms with Crippen LogP contribution in [0.3, 0.4) is 0 Å². The number of likely N-dealkylation sites (N-methyl/N-ethyl adjacent to an activating group) is 1. The number of nitrogens with zero attached hydrogens (tertiary/aromatic N) is 2. The second-order valence-electron chi connectivity index (χ2n) is 8.71. The lowest BCUT2D eigenvalue weighted by Gasteiger charge is -2.45. The van der Waals surface area contributed by atoms with Gasteiger partial charge in [0, 0.05) is 36.1 Å². The molecule has 7 heteroatoms. The average Bonchev–Trinajstić information content (AvgIpc) is 3.22. The van der Waals surface area contributed by atoms with Gasteiger partial charge in [0.2, 0.25) is 5.91 Å². The Bertz CT molecular complexity index is 861. The summed E-state index contributed by atoms with van der Waals surface area (Å²) in [5, 5.41) is 3.66. The van der Waals surface area contributed by atoms with Crippen LogP contribution in [0.1, 0.15) is 55.7 Å². The molecule has 1 aromatic carbocycles. The lowest BCUT2D eigenvalue weighted by atomic mass is 9.84. The van der Waals surface area contributed by atoms with Crippen LogP contribution in [-0.4, -0.2) is 53.7 Å². The zero-order valence-corrected chi connectivity index (χ0v) is 19.1. The van der Waals surface area contributed by atoms with Crippen molar-refractivity contribution in [3.05, 3.63) is 52.7 Å². The van der Waals surface area contributed by atoms with E-state index in [1.165, 1.54) is 5.56 Å². The molecular formula is C24H32ClN3O3. The topological polar surface area (TPSA) is 67.6 Å². The van der Waals surface area contributed by atoms with Crippen LogP contribution in [0, 0.1) is 6.92 Å². The second-order valence-corrected chi connectivity index (χ2v) is 9.15. The van der Waals surface area contributed by atoms with E-state index in [2.05, 4.69) is 27.3 Å². The van der Waals surface area contributed by atoms with Gasteiger partial charge in [-0.15, -0.1) is 0 Å². The molecule has 4 rings (SSSR count). The fourth-order valence-corrected chi connectivity index (χ4v) is 5.02. The SMILES string of the molecule is CCNC(=O)C1CN(C2CCC(c3ncc(C)o3)CC2)C(Cc2ccc(Cl)cc2)CO1. The predicted octanol–water partition coefficient (Wildman–Crippen LogP) is 4.11. The number of carbonyl (C=O) groups excluding carboxylic acids is 1. The molecule has 1 amide bonds. The van der Waals surface area contributed by atoms with E-state index in [1.807, 2.05) is 32.2 Å². The van der Waals surface area contributed by atoms with Crippen LogP contribution >= 0.6 is 11.6 Å². The third kappa shape index (κ3) is 5.48. The van der Waals surface area contributed by atoms with Gasteiger partial charge < -0.3 is 14.5 Å². The first-order valence-corrected chi connectivity index (χ1v) is 11.7. The van der Waals surface area contributed by atoms with Gasteiger partial charge in [-0.25, -0.2) is 4.98 Å². The highest BCUT2D eigenvalue weighted by atomic mass is 35.5.